The van der Waals surface area contributed by atoms with Crippen LogP contribution in [0.3, 0.4) is 0 Å². The predicted molar refractivity (Wildman–Crippen MR) is 69.0 cm³/mol. The minimum Gasteiger partial charge on any atom is -0.476 e. The van der Waals surface area contributed by atoms with Crippen molar-refractivity contribution >= 4 is 28.2 Å². The lowest BCUT2D eigenvalue weighted by molar-refractivity contribution is 0.0690. The van der Waals surface area contributed by atoms with Gasteiger partial charge in [-0.25, -0.2) is 9.48 Å². The van der Waals surface area contributed by atoms with Gasteiger partial charge in [0.1, 0.15) is 5.76 Å². The minimum atomic E-state index is -1.24. The Labute approximate surface area is 115 Å². The van der Waals surface area contributed by atoms with Crippen molar-refractivity contribution < 1.29 is 14.4 Å². The van der Waals surface area contributed by atoms with Gasteiger partial charge in [0.05, 0.1) is 17.4 Å². The molecule has 3 aromatic rings. The lowest BCUT2D eigenvalue weighted by atomic mass is 10.2. The maximum atomic E-state index is 12.2. The number of fused-ring (bicyclic) bond motifs is 1. The summed E-state index contributed by atoms with van der Waals surface area (Å²) < 4.78 is 5.96. The summed E-state index contributed by atoms with van der Waals surface area (Å²) in [6, 6.07) is 0. The Morgan fingerprint density at radius 1 is 1.55 bits per heavy atom. The molecule has 0 saturated carbocycles. The Morgan fingerprint density at radius 3 is 3.00 bits per heavy atom. The normalized spacial score (nSPS) is 11.1. The standard InChI is InChI=1S/C11H8N4O4S/c1-5-7-8(14-19-5)10(16)15(13-9(7)11(17)18)3-6-2-12-4-20-6/h2,4H,3H2,1H3,(H,17,18). The number of carbonyl (C=O) groups is 1. The number of rotatable bonds is 3. The molecule has 0 aliphatic rings. The second-order valence-corrected chi connectivity index (χ2v) is 5.02. The highest BCUT2D eigenvalue weighted by molar-refractivity contribution is 7.09. The molecule has 0 aliphatic carbocycles. The zero-order chi connectivity index (χ0) is 14.3. The van der Waals surface area contributed by atoms with Crippen molar-refractivity contribution in [2.75, 3.05) is 0 Å². The zero-order valence-electron chi connectivity index (χ0n) is 10.2. The number of thiazole rings is 1. The van der Waals surface area contributed by atoms with Crippen LogP contribution >= 0.6 is 11.3 Å². The monoisotopic (exact) mass is 292 g/mol. The van der Waals surface area contributed by atoms with Crippen LogP contribution in [0.15, 0.2) is 21.0 Å². The van der Waals surface area contributed by atoms with Crippen LogP contribution in [0.2, 0.25) is 0 Å². The second-order valence-electron chi connectivity index (χ2n) is 4.05. The topological polar surface area (TPSA) is 111 Å². The maximum Gasteiger partial charge on any atom is 0.357 e. The first-order valence-electron chi connectivity index (χ1n) is 5.55. The van der Waals surface area contributed by atoms with Crippen molar-refractivity contribution in [3.63, 3.8) is 0 Å². The Bertz CT molecular complexity index is 849. The molecular weight excluding hydrogens is 284 g/mol. The molecule has 1 N–H and O–H groups in total. The first-order chi connectivity index (χ1) is 9.58. The van der Waals surface area contributed by atoms with E-state index in [0.29, 0.717) is 0 Å². The van der Waals surface area contributed by atoms with E-state index in [-0.39, 0.29) is 28.9 Å². The third-order valence-electron chi connectivity index (χ3n) is 2.75. The van der Waals surface area contributed by atoms with Crippen LogP contribution in [0, 0.1) is 6.92 Å². The number of aromatic nitrogens is 4. The highest BCUT2D eigenvalue weighted by atomic mass is 32.1. The van der Waals surface area contributed by atoms with Crippen LogP contribution in [0.25, 0.3) is 10.9 Å². The fraction of sp³-hybridized carbons (Fsp3) is 0.182. The summed E-state index contributed by atoms with van der Waals surface area (Å²) >= 11 is 1.35. The molecule has 3 aromatic heterocycles. The van der Waals surface area contributed by atoms with Crippen LogP contribution in [0.5, 0.6) is 0 Å². The fourth-order valence-electron chi connectivity index (χ4n) is 1.86. The number of hydrogen-bond acceptors (Lipinski definition) is 7. The van der Waals surface area contributed by atoms with E-state index in [0.717, 1.165) is 9.56 Å². The van der Waals surface area contributed by atoms with E-state index in [1.54, 1.807) is 11.7 Å². The largest absolute Gasteiger partial charge is 0.476 e. The van der Waals surface area contributed by atoms with E-state index >= 15 is 0 Å². The Balaban J connectivity index is 2.26. The van der Waals surface area contributed by atoms with Gasteiger partial charge in [-0.3, -0.25) is 9.78 Å². The number of hydrogen-bond donors (Lipinski definition) is 1. The molecule has 3 rings (SSSR count). The van der Waals surface area contributed by atoms with E-state index in [1.165, 1.54) is 18.3 Å². The van der Waals surface area contributed by atoms with Crippen molar-refractivity contribution in [1.29, 1.82) is 0 Å². The summed E-state index contributed by atoms with van der Waals surface area (Å²) in [7, 11) is 0. The molecule has 0 radical (unpaired) electrons. The first-order valence-corrected chi connectivity index (χ1v) is 6.43. The number of carboxylic acid groups (broad SMARTS) is 1. The van der Waals surface area contributed by atoms with Gasteiger partial charge in [0.15, 0.2) is 11.2 Å². The lowest BCUT2D eigenvalue weighted by Crippen LogP contribution is -2.26. The van der Waals surface area contributed by atoms with Gasteiger partial charge in [-0.2, -0.15) is 5.10 Å². The molecule has 0 bridgehead atoms. The summed E-state index contributed by atoms with van der Waals surface area (Å²) in [6.07, 6.45) is 1.59. The Kier molecular flexibility index (Phi) is 2.83. The summed E-state index contributed by atoms with van der Waals surface area (Å²) in [5.41, 5.74) is 0.856. The molecule has 0 unspecified atom stereocenters. The van der Waals surface area contributed by atoms with E-state index in [2.05, 4.69) is 15.2 Å². The summed E-state index contributed by atoms with van der Waals surface area (Å²) in [6.45, 7) is 1.68. The Hall–Kier alpha value is -2.55. The van der Waals surface area contributed by atoms with Crippen molar-refractivity contribution in [2.45, 2.75) is 13.5 Å². The van der Waals surface area contributed by atoms with E-state index in [1.807, 2.05) is 0 Å². The van der Waals surface area contributed by atoms with Gasteiger partial charge in [0.25, 0.3) is 5.56 Å². The molecule has 3 heterocycles. The van der Waals surface area contributed by atoms with Gasteiger partial charge < -0.3 is 9.63 Å². The van der Waals surface area contributed by atoms with Crippen LogP contribution in [0.4, 0.5) is 0 Å². The van der Waals surface area contributed by atoms with Gasteiger partial charge in [-0.1, -0.05) is 5.16 Å². The average molecular weight is 292 g/mol. The maximum absolute atomic E-state index is 12.2. The number of nitrogens with zero attached hydrogens (tertiary/aromatic N) is 4. The quantitative estimate of drug-likeness (QED) is 0.763. The summed E-state index contributed by atoms with van der Waals surface area (Å²) in [4.78, 5) is 28.2. The molecule has 0 aliphatic heterocycles. The number of aryl methyl sites for hydroxylation is 1. The highest BCUT2D eigenvalue weighted by Gasteiger charge is 2.21. The van der Waals surface area contributed by atoms with Crippen LogP contribution in [-0.2, 0) is 6.54 Å². The fourth-order valence-corrected chi connectivity index (χ4v) is 2.44. The molecule has 20 heavy (non-hydrogen) atoms. The molecule has 0 amide bonds. The molecular formula is C11H8N4O4S. The molecule has 0 atom stereocenters. The van der Waals surface area contributed by atoms with Crippen molar-refractivity contribution in [2.24, 2.45) is 0 Å². The second kappa shape index (κ2) is 4.53. The lowest BCUT2D eigenvalue weighted by Gasteiger charge is -2.04. The predicted octanol–water partition coefficient (Wildman–Crippen LogP) is 0.896. The van der Waals surface area contributed by atoms with E-state index in [4.69, 9.17) is 4.52 Å². The molecule has 0 aromatic carbocycles. The number of carboxylic acids is 1. The Morgan fingerprint density at radius 2 is 2.35 bits per heavy atom. The summed E-state index contributed by atoms with van der Waals surface area (Å²) in [5.74, 6) is -0.980. The third-order valence-corrected chi connectivity index (χ3v) is 3.51. The third kappa shape index (κ3) is 1.88. The van der Waals surface area contributed by atoms with Gasteiger partial charge in [-0.15, -0.1) is 11.3 Å². The SMILES string of the molecule is Cc1onc2c(=O)n(Cc3cncs3)nc(C(=O)O)c12. The van der Waals surface area contributed by atoms with E-state index in [9.17, 15) is 14.7 Å². The smallest absolute Gasteiger partial charge is 0.357 e. The van der Waals surface area contributed by atoms with Crippen molar-refractivity contribution in [1.82, 2.24) is 19.9 Å². The van der Waals surface area contributed by atoms with Crippen LogP contribution in [0.1, 0.15) is 21.1 Å². The zero-order valence-corrected chi connectivity index (χ0v) is 11.0. The molecule has 102 valence electrons. The molecule has 0 saturated heterocycles. The highest BCUT2D eigenvalue weighted by Crippen LogP contribution is 2.18. The molecule has 0 spiro atoms. The van der Waals surface area contributed by atoms with Gasteiger partial charge >= 0.3 is 5.97 Å². The van der Waals surface area contributed by atoms with Gasteiger partial charge in [-0.05, 0) is 6.92 Å². The average Bonchev–Trinajstić information content (AvgIpc) is 3.03. The van der Waals surface area contributed by atoms with Crippen LogP contribution < -0.4 is 5.56 Å². The number of aromatic carboxylic acids is 1. The molecule has 8 nitrogen and oxygen atoms in total. The molecule has 9 heteroatoms. The van der Waals surface area contributed by atoms with Gasteiger partial charge in [0, 0.05) is 11.1 Å². The minimum absolute atomic E-state index is 0.0283. The molecule has 0 fully saturated rings. The van der Waals surface area contributed by atoms with E-state index < -0.39 is 11.5 Å². The van der Waals surface area contributed by atoms with Crippen molar-refractivity contribution in [3.05, 3.63) is 38.4 Å². The van der Waals surface area contributed by atoms with Crippen molar-refractivity contribution in [3.8, 4) is 0 Å². The van der Waals surface area contributed by atoms with Gasteiger partial charge in [0.2, 0.25) is 0 Å². The first kappa shape index (κ1) is 12.5. The van der Waals surface area contributed by atoms with Crippen LogP contribution in [-0.4, -0.2) is 31.0 Å². The summed E-state index contributed by atoms with van der Waals surface area (Å²) in [5, 5.41) is 16.9.